The molecule has 1 aliphatic carbocycles. The highest BCUT2D eigenvalue weighted by Crippen LogP contribution is 2.48. The Bertz CT molecular complexity index is 1180. The number of amides is 1. The normalized spacial score (nSPS) is 13.9. The number of aromatic nitrogens is 1. The van der Waals surface area contributed by atoms with Crippen molar-refractivity contribution < 1.29 is 9.53 Å². The largest absolute Gasteiger partial charge is 0.495 e. The molecule has 0 aliphatic heterocycles. The number of methoxy groups -OCH3 is 1. The molecule has 6 heteroatoms. The Morgan fingerprint density at radius 1 is 1.29 bits per heavy atom. The lowest BCUT2D eigenvalue weighted by atomic mass is 9.96. The molecule has 0 unspecified atom stereocenters. The average molecular weight is 459 g/mol. The number of nitrogens with zero attached hydrogens (tertiary/aromatic N) is 2. The van der Waals surface area contributed by atoms with Crippen LogP contribution in [0, 0.1) is 25.2 Å². The molecule has 1 saturated carbocycles. The van der Waals surface area contributed by atoms with Crippen molar-refractivity contribution in [2.24, 2.45) is 0 Å². The molecule has 3 rings (SSSR count). The molecule has 1 aliphatic rings. The quantitative estimate of drug-likeness (QED) is 0.338. The molecule has 1 fully saturated rings. The van der Waals surface area contributed by atoms with Crippen LogP contribution < -0.4 is 15.4 Å². The number of nitrogens with one attached hydrogen (secondary N) is 2. The zero-order valence-electron chi connectivity index (χ0n) is 21.0. The van der Waals surface area contributed by atoms with Crippen LogP contribution in [0.25, 0.3) is 5.57 Å². The molecule has 2 aromatic rings. The van der Waals surface area contributed by atoms with E-state index in [1.807, 2.05) is 26.0 Å². The van der Waals surface area contributed by atoms with Crippen molar-refractivity contribution in [1.82, 2.24) is 10.3 Å². The second kappa shape index (κ2) is 11.0. The Morgan fingerprint density at radius 2 is 2.03 bits per heavy atom. The number of ether oxygens (including phenoxy) is 1. The van der Waals surface area contributed by atoms with E-state index in [2.05, 4.69) is 41.6 Å². The first-order valence-corrected chi connectivity index (χ1v) is 11.8. The number of hydrogen-bond donors (Lipinski definition) is 2. The van der Waals surface area contributed by atoms with Crippen LogP contribution in [0.4, 0.5) is 11.4 Å². The second-order valence-corrected chi connectivity index (χ2v) is 8.71. The number of anilines is 2. The average Bonchev–Trinajstić information content (AvgIpc) is 3.68. The van der Waals surface area contributed by atoms with Gasteiger partial charge in [-0.3, -0.25) is 9.78 Å². The first kappa shape index (κ1) is 25.0. The van der Waals surface area contributed by atoms with Crippen molar-refractivity contribution in [3.63, 3.8) is 0 Å². The van der Waals surface area contributed by atoms with Gasteiger partial charge in [-0.1, -0.05) is 25.5 Å². The van der Waals surface area contributed by atoms with Crippen LogP contribution in [0.2, 0.25) is 0 Å². The number of aryl methyl sites for hydroxylation is 1. The molecule has 0 spiro atoms. The number of benzene rings is 1. The van der Waals surface area contributed by atoms with E-state index >= 15 is 0 Å². The van der Waals surface area contributed by atoms with Crippen molar-refractivity contribution in [3.05, 3.63) is 64.0 Å². The predicted molar refractivity (Wildman–Crippen MR) is 138 cm³/mol. The minimum absolute atomic E-state index is 0.212. The lowest BCUT2D eigenvalue weighted by Gasteiger charge is -2.22. The van der Waals surface area contributed by atoms with Crippen molar-refractivity contribution in [3.8, 4) is 11.8 Å². The van der Waals surface area contributed by atoms with Crippen molar-refractivity contribution in [2.75, 3.05) is 19.5 Å². The van der Waals surface area contributed by atoms with E-state index < -0.39 is 0 Å². The Hall–Kier alpha value is -3.59. The molecular weight excluding hydrogens is 424 g/mol. The fraction of sp³-hybridized carbons (Fsp3) is 0.393. The molecule has 1 aromatic carbocycles. The fourth-order valence-corrected chi connectivity index (χ4v) is 4.22. The summed E-state index contributed by atoms with van der Waals surface area (Å²) in [6.45, 7) is 7.99. The summed E-state index contributed by atoms with van der Waals surface area (Å²) in [4.78, 5) is 17.5. The van der Waals surface area contributed by atoms with Gasteiger partial charge < -0.3 is 15.4 Å². The standard InChI is InChI=1S/C28H34N4O2/c1-7-9-21(14-19(8-2)15-29)25-18(4)26(23(16-31-25)28(33)30-5)32-27-22(20-10-11-20)12-17(3)13-24(27)34-6/h8,12-14,16,20H,7,9-11H2,1-6H3,(H,30,33)(H,31,32)/b19-8+,21-14+. The lowest BCUT2D eigenvalue weighted by Crippen LogP contribution is -2.21. The summed E-state index contributed by atoms with van der Waals surface area (Å²) in [5, 5.41) is 15.8. The minimum Gasteiger partial charge on any atom is -0.495 e. The molecular formula is C28H34N4O2. The molecule has 1 amide bonds. The molecule has 1 aromatic heterocycles. The van der Waals surface area contributed by atoms with E-state index in [9.17, 15) is 10.1 Å². The van der Waals surface area contributed by atoms with Gasteiger partial charge in [0.1, 0.15) is 5.75 Å². The summed E-state index contributed by atoms with van der Waals surface area (Å²) in [5.41, 5.74) is 7.63. The van der Waals surface area contributed by atoms with Crippen LogP contribution in [-0.4, -0.2) is 25.0 Å². The fourth-order valence-electron chi connectivity index (χ4n) is 4.22. The highest BCUT2D eigenvalue weighted by Gasteiger charge is 2.29. The van der Waals surface area contributed by atoms with Crippen LogP contribution in [0.3, 0.4) is 0 Å². The summed E-state index contributed by atoms with van der Waals surface area (Å²) in [5.74, 6) is 1.04. The third-order valence-corrected chi connectivity index (χ3v) is 6.15. The van der Waals surface area contributed by atoms with Gasteiger partial charge in [-0.2, -0.15) is 5.26 Å². The number of allylic oxidation sites excluding steroid dienone is 4. The van der Waals surface area contributed by atoms with Crippen LogP contribution in [0.1, 0.15) is 78.2 Å². The zero-order valence-corrected chi connectivity index (χ0v) is 21.0. The van der Waals surface area contributed by atoms with Crippen molar-refractivity contribution >= 4 is 22.9 Å². The van der Waals surface area contributed by atoms with Gasteiger partial charge >= 0.3 is 0 Å². The third-order valence-electron chi connectivity index (χ3n) is 6.15. The summed E-state index contributed by atoms with van der Waals surface area (Å²) in [6, 6.07) is 6.45. The molecule has 2 N–H and O–H groups in total. The first-order valence-electron chi connectivity index (χ1n) is 11.8. The smallest absolute Gasteiger partial charge is 0.254 e. The van der Waals surface area contributed by atoms with Gasteiger partial charge in [0.25, 0.3) is 5.91 Å². The molecule has 34 heavy (non-hydrogen) atoms. The van der Waals surface area contributed by atoms with E-state index in [4.69, 9.17) is 4.74 Å². The Morgan fingerprint density at radius 3 is 2.59 bits per heavy atom. The van der Waals surface area contributed by atoms with Gasteiger partial charge in [-0.05, 0) is 80.4 Å². The summed E-state index contributed by atoms with van der Waals surface area (Å²) in [7, 11) is 3.29. The summed E-state index contributed by atoms with van der Waals surface area (Å²) < 4.78 is 5.75. The first-order chi connectivity index (χ1) is 16.4. The molecule has 1 heterocycles. The topological polar surface area (TPSA) is 87.0 Å². The minimum atomic E-state index is -0.212. The second-order valence-electron chi connectivity index (χ2n) is 8.71. The number of pyridine rings is 1. The highest BCUT2D eigenvalue weighted by atomic mass is 16.5. The molecule has 178 valence electrons. The Balaban J connectivity index is 2.23. The number of rotatable bonds is 9. The Kier molecular flexibility index (Phi) is 8.12. The number of carbonyl (C=O) groups excluding carboxylic acids is 1. The van der Waals surface area contributed by atoms with E-state index in [1.165, 1.54) is 5.56 Å². The van der Waals surface area contributed by atoms with Gasteiger partial charge in [0, 0.05) is 18.8 Å². The monoisotopic (exact) mass is 458 g/mol. The summed E-state index contributed by atoms with van der Waals surface area (Å²) >= 11 is 0. The maximum absolute atomic E-state index is 12.8. The van der Waals surface area contributed by atoms with E-state index in [-0.39, 0.29) is 5.91 Å². The highest BCUT2D eigenvalue weighted by molar-refractivity contribution is 6.01. The van der Waals surface area contributed by atoms with Crippen LogP contribution in [-0.2, 0) is 0 Å². The number of nitriles is 1. The summed E-state index contributed by atoms with van der Waals surface area (Å²) in [6.07, 6.45) is 9.28. The predicted octanol–water partition coefficient (Wildman–Crippen LogP) is 6.34. The van der Waals surface area contributed by atoms with Gasteiger partial charge in [0.15, 0.2) is 0 Å². The van der Waals surface area contributed by atoms with E-state index in [1.54, 1.807) is 26.4 Å². The number of carbonyl (C=O) groups is 1. The SMILES string of the molecule is C/C=C(C#N)\C=C(/CCC)c1ncc(C(=O)NC)c(Nc2c(OC)cc(C)cc2C2CC2)c1C. The maximum atomic E-state index is 12.8. The molecule has 0 saturated heterocycles. The van der Waals surface area contributed by atoms with Crippen LogP contribution in [0.5, 0.6) is 5.75 Å². The van der Waals surface area contributed by atoms with Crippen LogP contribution >= 0.6 is 0 Å². The molecule has 6 nitrogen and oxygen atoms in total. The van der Waals surface area contributed by atoms with Gasteiger partial charge in [0.2, 0.25) is 0 Å². The van der Waals surface area contributed by atoms with Crippen LogP contribution in [0.15, 0.2) is 36.1 Å². The maximum Gasteiger partial charge on any atom is 0.254 e. The van der Waals surface area contributed by atoms with E-state index in [0.29, 0.717) is 22.7 Å². The van der Waals surface area contributed by atoms with Gasteiger partial charge in [-0.15, -0.1) is 0 Å². The molecule has 0 atom stereocenters. The van der Waals surface area contributed by atoms with Gasteiger partial charge in [-0.25, -0.2) is 0 Å². The lowest BCUT2D eigenvalue weighted by molar-refractivity contribution is 0.0963. The zero-order chi connectivity index (χ0) is 24.8. The molecule has 0 radical (unpaired) electrons. The van der Waals surface area contributed by atoms with Crippen molar-refractivity contribution in [2.45, 2.75) is 59.3 Å². The molecule has 0 bridgehead atoms. The van der Waals surface area contributed by atoms with Gasteiger partial charge in [0.05, 0.1) is 35.8 Å². The number of hydrogen-bond acceptors (Lipinski definition) is 5. The van der Waals surface area contributed by atoms with Crippen molar-refractivity contribution in [1.29, 1.82) is 5.26 Å². The van der Waals surface area contributed by atoms with E-state index in [0.717, 1.165) is 59.5 Å². The Labute approximate surface area is 202 Å². The third kappa shape index (κ3) is 5.31.